The summed E-state index contributed by atoms with van der Waals surface area (Å²) in [6.07, 6.45) is 0.189. The van der Waals surface area contributed by atoms with Crippen molar-refractivity contribution in [1.29, 1.82) is 0 Å². The van der Waals surface area contributed by atoms with Crippen molar-refractivity contribution in [2.45, 2.75) is 19.4 Å². The van der Waals surface area contributed by atoms with E-state index in [1.54, 1.807) is 30.3 Å². The molecule has 6 nitrogen and oxygen atoms in total. The zero-order valence-corrected chi connectivity index (χ0v) is 16.4. The van der Waals surface area contributed by atoms with Crippen molar-refractivity contribution in [2.24, 2.45) is 0 Å². The van der Waals surface area contributed by atoms with Crippen LogP contribution in [0.2, 0.25) is 0 Å². The van der Waals surface area contributed by atoms with Crippen molar-refractivity contribution in [3.05, 3.63) is 54.3 Å². The Hall–Kier alpha value is -2.93. The van der Waals surface area contributed by atoms with Gasteiger partial charge in [0.25, 0.3) is 5.91 Å². The van der Waals surface area contributed by atoms with Crippen molar-refractivity contribution in [1.82, 2.24) is 4.90 Å². The molecule has 0 aromatic heterocycles. The van der Waals surface area contributed by atoms with Gasteiger partial charge in [0.2, 0.25) is 5.91 Å². The van der Waals surface area contributed by atoms with Gasteiger partial charge in [-0.05, 0) is 43.3 Å². The predicted molar refractivity (Wildman–Crippen MR) is 109 cm³/mol. The molecule has 0 spiro atoms. The fraction of sp³-hybridized carbons (Fsp3) is 0.364. The van der Waals surface area contributed by atoms with Crippen LogP contribution in [0.1, 0.15) is 13.3 Å². The minimum absolute atomic E-state index is 0.182. The van der Waals surface area contributed by atoms with Crippen LogP contribution in [0.25, 0.3) is 0 Å². The van der Waals surface area contributed by atoms with Gasteiger partial charge in [-0.25, -0.2) is 9.29 Å². The maximum atomic E-state index is 13.1. The van der Waals surface area contributed by atoms with E-state index in [0.717, 1.165) is 18.8 Å². The molecule has 2 fully saturated rings. The number of halogens is 1. The first-order chi connectivity index (χ1) is 14.1. The molecule has 4 rings (SSSR count). The Morgan fingerprint density at radius 3 is 2.41 bits per heavy atom. The van der Waals surface area contributed by atoms with Gasteiger partial charge in [-0.1, -0.05) is 6.07 Å². The molecule has 2 aromatic rings. The Kier molecular flexibility index (Phi) is 5.49. The molecule has 2 amide bonds. The highest BCUT2D eigenvalue weighted by Crippen LogP contribution is 2.29. The summed E-state index contributed by atoms with van der Waals surface area (Å²) < 4.78 is 18.6. The summed E-state index contributed by atoms with van der Waals surface area (Å²) in [5.41, 5.74) is 1.52. The summed E-state index contributed by atoms with van der Waals surface area (Å²) in [4.78, 5) is 31.2. The molecule has 29 heavy (non-hydrogen) atoms. The molecule has 0 saturated carbocycles. The molecular formula is C22H24FN3O3. The number of hydrogen-bond donors (Lipinski definition) is 0. The Balaban J connectivity index is 1.43. The summed E-state index contributed by atoms with van der Waals surface area (Å²) in [7, 11) is 0. The highest BCUT2D eigenvalue weighted by molar-refractivity contribution is 6.22. The SMILES string of the molecule is CCOc1cccc(N2C(=O)CC(N3CCN(c4ccc(F)cc4)CC3)C2=O)c1. The molecule has 0 radical (unpaired) electrons. The molecule has 0 N–H and O–H groups in total. The van der Waals surface area contributed by atoms with Crippen LogP contribution in [0.3, 0.4) is 0 Å². The smallest absolute Gasteiger partial charge is 0.251 e. The lowest BCUT2D eigenvalue weighted by atomic mass is 10.1. The standard InChI is InChI=1S/C22H24FN3O3/c1-2-29-19-5-3-4-18(14-19)26-21(27)15-20(22(26)28)25-12-10-24(11-13-25)17-8-6-16(23)7-9-17/h3-9,14,20H,2,10-13,15H2,1H3. The van der Waals surface area contributed by atoms with E-state index in [1.807, 2.05) is 13.0 Å². The van der Waals surface area contributed by atoms with Crippen LogP contribution >= 0.6 is 0 Å². The number of carbonyl (C=O) groups is 2. The van der Waals surface area contributed by atoms with Crippen LogP contribution in [-0.4, -0.2) is 55.5 Å². The van der Waals surface area contributed by atoms with Crippen molar-refractivity contribution in [2.75, 3.05) is 42.6 Å². The minimum atomic E-state index is -0.436. The summed E-state index contributed by atoms with van der Waals surface area (Å²) in [5, 5.41) is 0. The van der Waals surface area contributed by atoms with Gasteiger partial charge in [0.1, 0.15) is 11.6 Å². The maximum Gasteiger partial charge on any atom is 0.251 e. The lowest BCUT2D eigenvalue weighted by Gasteiger charge is -2.38. The third kappa shape index (κ3) is 3.96. The van der Waals surface area contributed by atoms with Gasteiger partial charge < -0.3 is 9.64 Å². The van der Waals surface area contributed by atoms with Crippen LogP contribution in [0.4, 0.5) is 15.8 Å². The number of anilines is 2. The number of carbonyl (C=O) groups excluding carboxylic acids is 2. The predicted octanol–water partition coefficient (Wildman–Crippen LogP) is 2.68. The molecule has 1 atom stereocenters. The van der Waals surface area contributed by atoms with Gasteiger partial charge in [0, 0.05) is 37.9 Å². The Labute approximate surface area is 169 Å². The van der Waals surface area contributed by atoms with E-state index in [1.165, 1.54) is 17.0 Å². The average Bonchev–Trinajstić information content (AvgIpc) is 3.03. The highest BCUT2D eigenvalue weighted by Gasteiger charge is 2.43. The van der Waals surface area contributed by atoms with Crippen LogP contribution in [0.15, 0.2) is 48.5 Å². The molecule has 0 aliphatic carbocycles. The van der Waals surface area contributed by atoms with E-state index in [-0.39, 0.29) is 24.1 Å². The van der Waals surface area contributed by atoms with Crippen molar-refractivity contribution >= 4 is 23.2 Å². The first-order valence-corrected chi connectivity index (χ1v) is 9.91. The number of benzene rings is 2. The zero-order valence-electron chi connectivity index (χ0n) is 16.4. The van der Waals surface area contributed by atoms with Gasteiger partial charge in [0.05, 0.1) is 24.8 Å². The Morgan fingerprint density at radius 2 is 1.72 bits per heavy atom. The molecule has 152 valence electrons. The number of hydrogen-bond acceptors (Lipinski definition) is 5. The molecule has 2 heterocycles. The number of nitrogens with zero attached hydrogens (tertiary/aromatic N) is 3. The minimum Gasteiger partial charge on any atom is -0.494 e. The number of amides is 2. The van der Waals surface area contributed by atoms with Crippen molar-refractivity contribution < 1.29 is 18.7 Å². The number of ether oxygens (including phenoxy) is 1. The molecular weight excluding hydrogens is 373 g/mol. The summed E-state index contributed by atoms with van der Waals surface area (Å²) in [6.45, 7) is 5.21. The van der Waals surface area contributed by atoms with E-state index in [9.17, 15) is 14.0 Å². The first-order valence-electron chi connectivity index (χ1n) is 9.91. The van der Waals surface area contributed by atoms with E-state index in [2.05, 4.69) is 9.80 Å². The van der Waals surface area contributed by atoms with Crippen LogP contribution < -0.4 is 14.5 Å². The van der Waals surface area contributed by atoms with Crippen molar-refractivity contribution in [3.63, 3.8) is 0 Å². The zero-order chi connectivity index (χ0) is 20.4. The fourth-order valence-corrected chi connectivity index (χ4v) is 4.00. The molecule has 2 saturated heterocycles. The van der Waals surface area contributed by atoms with Gasteiger partial charge in [-0.3, -0.25) is 14.5 Å². The molecule has 0 bridgehead atoms. The highest BCUT2D eigenvalue weighted by atomic mass is 19.1. The van der Waals surface area contributed by atoms with Crippen LogP contribution in [0, 0.1) is 5.82 Å². The van der Waals surface area contributed by atoms with E-state index < -0.39 is 6.04 Å². The molecule has 2 aliphatic heterocycles. The second-order valence-electron chi connectivity index (χ2n) is 7.22. The molecule has 7 heteroatoms. The summed E-state index contributed by atoms with van der Waals surface area (Å²) in [5.74, 6) is 0.0198. The fourth-order valence-electron chi connectivity index (χ4n) is 4.00. The van der Waals surface area contributed by atoms with Crippen molar-refractivity contribution in [3.8, 4) is 5.75 Å². The monoisotopic (exact) mass is 397 g/mol. The summed E-state index contributed by atoms with van der Waals surface area (Å²) in [6, 6.07) is 13.1. The third-order valence-corrected chi connectivity index (χ3v) is 5.46. The molecule has 1 unspecified atom stereocenters. The summed E-state index contributed by atoms with van der Waals surface area (Å²) >= 11 is 0. The number of imide groups is 1. The van der Waals surface area contributed by atoms with Gasteiger partial charge >= 0.3 is 0 Å². The quantitative estimate of drug-likeness (QED) is 0.726. The molecule has 2 aromatic carbocycles. The molecule has 2 aliphatic rings. The average molecular weight is 397 g/mol. The van der Waals surface area contributed by atoms with E-state index in [4.69, 9.17) is 4.74 Å². The normalized spacial score (nSPS) is 20.4. The largest absolute Gasteiger partial charge is 0.494 e. The number of rotatable bonds is 5. The second kappa shape index (κ2) is 8.21. The maximum absolute atomic E-state index is 13.1. The van der Waals surface area contributed by atoms with Crippen LogP contribution in [0.5, 0.6) is 5.75 Å². The third-order valence-electron chi connectivity index (χ3n) is 5.46. The second-order valence-corrected chi connectivity index (χ2v) is 7.22. The Morgan fingerprint density at radius 1 is 1.00 bits per heavy atom. The first kappa shape index (κ1) is 19.4. The lowest BCUT2D eigenvalue weighted by molar-refractivity contribution is -0.123. The van der Waals surface area contributed by atoms with E-state index >= 15 is 0 Å². The lowest BCUT2D eigenvalue weighted by Crippen LogP contribution is -2.52. The number of piperazine rings is 1. The topological polar surface area (TPSA) is 53.1 Å². The van der Waals surface area contributed by atoms with Crippen LogP contribution in [-0.2, 0) is 9.59 Å². The van der Waals surface area contributed by atoms with E-state index in [0.29, 0.717) is 31.1 Å². The van der Waals surface area contributed by atoms with Gasteiger partial charge in [-0.2, -0.15) is 0 Å². The van der Waals surface area contributed by atoms with Gasteiger partial charge in [0.15, 0.2) is 0 Å². The van der Waals surface area contributed by atoms with Gasteiger partial charge in [-0.15, -0.1) is 0 Å². The Bertz CT molecular complexity index is 894.